The smallest absolute Gasteiger partial charge is 0.276 e. The van der Waals surface area contributed by atoms with Crippen LogP contribution >= 0.6 is 15.9 Å². The molecule has 6 nitrogen and oxygen atoms in total. The fourth-order valence-electron chi connectivity index (χ4n) is 1.81. The molecule has 106 valence electrons. The van der Waals surface area contributed by atoms with Crippen molar-refractivity contribution in [3.05, 3.63) is 40.1 Å². The van der Waals surface area contributed by atoms with Gasteiger partial charge in [-0.2, -0.15) is 0 Å². The second-order valence-electron chi connectivity index (χ2n) is 4.37. The zero-order valence-electron chi connectivity index (χ0n) is 11.2. The monoisotopic (exact) mass is 338 g/mol. The number of aliphatic hydroxyl groups excluding tert-OH is 1. The number of nitrogens with zero attached hydrogens (tertiary/aromatic N) is 4. The molecule has 7 heteroatoms. The van der Waals surface area contributed by atoms with E-state index in [4.69, 9.17) is 5.11 Å². The van der Waals surface area contributed by atoms with Crippen LogP contribution < -0.4 is 0 Å². The summed E-state index contributed by atoms with van der Waals surface area (Å²) in [4.78, 5) is 13.6. The van der Waals surface area contributed by atoms with Gasteiger partial charge in [-0.15, -0.1) is 5.10 Å². The van der Waals surface area contributed by atoms with E-state index in [2.05, 4.69) is 26.2 Å². The predicted octanol–water partition coefficient (Wildman–Crippen LogP) is 1.40. The third kappa shape index (κ3) is 2.88. The first-order valence-electron chi connectivity index (χ1n) is 6.09. The molecule has 0 bridgehead atoms. The lowest BCUT2D eigenvalue weighted by Gasteiger charge is -2.14. The third-order valence-electron chi connectivity index (χ3n) is 2.93. The zero-order valence-corrected chi connectivity index (χ0v) is 12.8. The second kappa shape index (κ2) is 6.15. The number of amides is 1. The molecule has 1 N–H and O–H groups in total. The number of carbonyl (C=O) groups excluding carboxylic acids is 1. The Hall–Kier alpha value is -1.73. The highest BCUT2D eigenvalue weighted by molar-refractivity contribution is 9.10. The van der Waals surface area contributed by atoms with Crippen LogP contribution in [0.15, 0.2) is 28.7 Å². The van der Waals surface area contributed by atoms with Gasteiger partial charge in [0.15, 0.2) is 5.69 Å². The number of likely N-dealkylation sites (N-methyl/N-ethyl adjacent to an activating group) is 1. The molecular formula is C13H15BrN4O2. The molecule has 0 saturated carbocycles. The van der Waals surface area contributed by atoms with Crippen LogP contribution in [0.2, 0.25) is 0 Å². The van der Waals surface area contributed by atoms with Crippen LogP contribution in [0.3, 0.4) is 0 Å². The van der Waals surface area contributed by atoms with Gasteiger partial charge in [-0.05, 0) is 25.1 Å². The summed E-state index contributed by atoms with van der Waals surface area (Å²) in [5, 5.41) is 16.9. The van der Waals surface area contributed by atoms with Gasteiger partial charge in [-0.3, -0.25) is 4.79 Å². The van der Waals surface area contributed by atoms with E-state index in [-0.39, 0.29) is 19.1 Å². The van der Waals surface area contributed by atoms with E-state index < -0.39 is 0 Å². The van der Waals surface area contributed by atoms with E-state index in [1.807, 2.05) is 24.3 Å². The van der Waals surface area contributed by atoms with E-state index in [0.29, 0.717) is 11.4 Å². The first kappa shape index (κ1) is 14.7. The minimum absolute atomic E-state index is 0.0823. The molecule has 1 aromatic carbocycles. The Kier molecular flexibility index (Phi) is 4.51. The number of rotatable bonds is 4. The molecule has 0 aliphatic carbocycles. The van der Waals surface area contributed by atoms with E-state index >= 15 is 0 Å². The zero-order chi connectivity index (χ0) is 14.7. The lowest BCUT2D eigenvalue weighted by Crippen LogP contribution is -2.30. The average molecular weight is 339 g/mol. The highest BCUT2D eigenvalue weighted by Gasteiger charge is 2.20. The van der Waals surface area contributed by atoms with Gasteiger partial charge in [-0.1, -0.05) is 27.2 Å². The highest BCUT2D eigenvalue weighted by atomic mass is 79.9. The summed E-state index contributed by atoms with van der Waals surface area (Å²) in [6, 6.07) is 7.59. The Labute approximate surface area is 125 Å². The predicted molar refractivity (Wildman–Crippen MR) is 77.8 cm³/mol. The van der Waals surface area contributed by atoms with Gasteiger partial charge in [0.05, 0.1) is 18.0 Å². The summed E-state index contributed by atoms with van der Waals surface area (Å²) < 4.78 is 2.54. The van der Waals surface area contributed by atoms with Crippen LogP contribution in [-0.4, -0.2) is 51.1 Å². The molecule has 2 rings (SSSR count). The minimum atomic E-state index is -0.252. The second-order valence-corrected chi connectivity index (χ2v) is 5.28. The van der Waals surface area contributed by atoms with Gasteiger partial charge in [0.2, 0.25) is 0 Å². The fourth-order valence-corrected chi connectivity index (χ4v) is 2.20. The molecular weight excluding hydrogens is 324 g/mol. The largest absolute Gasteiger partial charge is 0.395 e. The van der Waals surface area contributed by atoms with E-state index in [1.54, 1.807) is 18.7 Å². The van der Waals surface area contributed by atoms with Crippen molar-refractivity contribution in [2.75, 3.05) is 20.2 Å². The molecule has 0 unspecified atom stereocenters. The number of hydrogen-bond donors (Lipinski definition) is 1. The van der Waals surface area contributed by atoms with Gasteiger partial charge in [0, 0.05) is 18.1 Å². The standard InChI is InChI=1S/C13H15BrN4O2/c1-9-12(13(20)17(2)6-7-19)15-16-18(9)11-5-3-4-10(14)8-11/h3-5,8,19H,6-7H2,1-2H3. The van der Waals surface area contributed by atoms with Gasteiger partial charge in [-0.25, -0.2) is 4.68 Å². The van der Waals surface area contributed by atoms with Crippen LogP contribution in [0, 0.1) is 6.92 Å². The number of carbonyl (C=O) groups is 1. The van der Waals surface area contributed by atoms with Crippen molar-refractivity contribution in [1.29, 1.82) is 0 Å². The first-order valence-corrected chi connectivity index (χ1v) is 6.88. The molecule has 0 aliphatic rings. The van der Waals surface area contributed by atoms with E-state index in [9.17, 15) is 4.79 Å². The summed E-state index contributed by atoms with van der Waals surface area (Å²) in [5.74, 6) is -0.252. The molecule has 20 heavy (non-hydrogen) atoms. The Morgan fingerprint density at radius 2 is 2.25 bits per heavy atom. The van der Waals surface area contributed by atoms with Crippen LogP contribution in [0.4, 0.5) is 0 Å². The molecule has 0 aliphatic heterocycles. The molecule has 0 fully saturated rings. The van der Waals surface area contributed by atoms with Crippen molar-refractivity contribution in [2.45, 2.75) is 6.92 Å². The summed E-state index contributed by atoms with van der Waals surface area (Å²) >= 11 is 3.40. The Morgan fingerprint density at radius 1 is 1.50 bits per heavy atom. The normalized spacial score (nSPS) is 10.6. The van der Waals surface area contributed by atoms with Crippen molar-refractivity contribution < 1.29 is 9.90 Å². The maximum atomic E-state index is 12.2. The number of aliphatic hydroxyl groups is 1. The van der Waals surface area contributed by atoms with Crippen LogP contribution in [0.25, 0.3) is 5.69 Å². The van der Waals surface area contributed by atoms with Crippen molar-refractivity contribution >= 4 is 21.8 Å². The summed E-state index contributed by atoms with van der Waals surface area (Å²) in [6.45, 7) is 1.98. The lowest BCUT2D eigenvalue weighted by molar-refractivity contribution is 0.0760. The van der Waals surface area contributed by atoms with Crippen molar-refractivity contribution in [3.63, 3.8) is 0 Å². The molecule has 0 spiro atoms. The van der Waals surface area contributed by atoms with Gasteiger partial charge < -0.3 is 10.0 Å². The highest BCUT2D eigenvalue weighted by Crippen LogP contribution is 2.17. The van der Waals surface area contributed by atoms with Crippen molar-refractivity contribution in [2.24, 2.45) is 0 Å². The average Bonchev–Trinajstić information content (AvgIpc) is 2.80. The molecule has 0 saturated heterocycles. The Morgan fingerprint density at radius 3 is 2.90 bits per heavy atom. The molecule has 1 heterocycles. The summed E-state index contributed by atoms with van der Waals surface area (Å²) in [6.07, 6.45) is 0. The number of benzene rings is 1. The van der Waals surface area contributed by atoms with E-state index in [1.165, 1.54) is 4.90 Å². The Balaban J connectivity index is 2.34. The van der Waals surface area contributed by atoms with Crippen molar-refractivity contribution in [1.82, 2.24) is 19.9 Å². The molecule has 0 radical (unpaired) electrons. The maximum Gasteiger partial charge on any atom is 0.276 e. The molecule has 1 amide bonds. The minimum Gasteiger partial charge on any atom is -0.395 e. The maximum absolute atomic E-state index is 12.2. The first-order chi connectivity index (χ1) is 9.54. The SMILES string of the molecule is Cc1c(C(=O)N(C)CCO)nnn1-c1cccc(Br)c1. The number of aromatic nitrogens is 3. The summed E-state index contributed by atoms with van der Waals surface area (Å²) in [5.41, 5.74) is 1.78. The van der Waals surface area contributed by atoms with Crippen LogP contribution in [0.1, 0.15) is 16.2 Å². The van der Waals surface area contributed by atoms with Crippen LogP contribution in [0.5, 0.6) is 0 Å². The van der Waals surface area contributed by atoms with Crippen molar-refractivity contribution in [3.8, 4) is 5.69 Å². The van der Waals surface area contributed by atoms with Gasteiger partial charge >= 0.3 is 0 Å². The molecule has 2 aromatic rings. The molecule has 1 aromatic heterocycles. The topological polar surface area (TPSA) is 71.2 Å². The van der Waals surface area contributed by atoms with Crippen LogP contribution in [-0.2, 0) is 0 Å². The third-order valence-corrected chi connectivity index (χ3v) is 3.43. The molecule has 0 atom stereocenters. The summed E-state index contributed by atoms with van der Waals surface area (Å²) in [7, 11) is 1.62. The number of halogens is 1. The fraction of sp³-hybridized carbons (Fsp3) is 0.308. The lowest BCUT2D eigenvalue weighted by atomic mass is 10.2. The Bertz CT molecular complexity index is 627. The van der Waals surface area contributed by atoms with Gasteiger partial charge in [0.1, 0.15) is 0 Å². The quantitative estimate of drug-likeness (QED) is 0.914. The van der Waals surface area contributed by atoms with E-state index in [0.717, 1.165) is 10.2 Å². The van der Waals surface area contributed by atoms with Gasteiger partial charge in [0.25, 0.3) is 5.91 Å². The number of hydrogen-bond acceptors (Lipinski definition) is 4.